The second kappa shape index (κ2) is 3.13. The molecule has 1 aromatic rings. The molecule has 2 nitrogen and oxygen atoms in total. The summed E-state index contributed by atoms with van der Waals surface area (Å²) in [5, 5.41) is 0. The highest BCUT2D eigenvalue weighted by Gasteiger charge is 2.16. The van der Waals surface area contributed by atoms with Gasteiger partial charge in [0.25, 0.3) is 5.56 Å². The van der Waals surface area contributed by atoms with Crippen LogP contribution in [0.5, 0.6) is 0 Å². The van der Waals surface area contributed by atoms with Crippen LogP contribution in [-0.2, 0) is 0 Å². The largest absolute Gasteiger partial charge is 0.312 e. The van der Waals surface area contributed by atoms with Gasteiger partial charge in [0.2, 0.25) is 0 Å². The van der Waals surface area contributed by atoms with Gasteiger partial charge < -0.3 is 4.57 Å². The fraction of sp³-hybridized carbons (Fsp3) is 0.500. The molecule has 1 aromatic heterocycles. The van der Waals surface area contributed by atoms with E-state index in [9.17, 15) is 4.79 Å². The maximum atomic E-state index is 11.3. The van der Waals surface area contributed by atoms with Gasteiger partial charge in [0.1, 0.15) is 0 Å². The van der Waals surface area contributed by atoms with Gasteiger partial charge in [-0.1, -0.05) is 12.8 Å². The van der Waals surface area contributed by atoms with Crippen molar-refractivity contribution in [3.05, 3.63) is 34.7 Å². The van der Waals surface area contributed by atoms with Crippen LogP contribution in [0.2, 0.25) is 0 Å². The maximum Gasteiger partial charge on any atom is 0.251 e. The molecule has 0 N–H and O–H groups in total. The van der Waals surface area contributed by atoms with E-state index in [-0.39, 0.29) is 5.56 Å². The molecule has 1 aliphatic carbocycles. The summed E-state index contributed by atoms with van der Waals surface area (Å²) in [5.41, 5.74) is 0.0874. The molecule has 0 aromatic carbocycles. The summed E-state index contributed by atoms with van der Waals surface area (Å²) < 4.78 is 1.84. The molecule has 2 heteroatoms. The van der Waals surface area contributed by atoms with Crippen LogP contribution in [0.15, 0.2) is 23.1 Å². The smallest absolute Gasteiger partial charge is 0.251 e. The summed E-state index contributed by atoms with van der Waals surface area (Å²) in [5.74, 6) is 0. The first kappa shape index (κ1) is 7.59. The Morgan fingerprint density at radius 3 is 2.83 bits per heavy atom. The minimum Gasteiger partial charge on any atom is -0.312 e. The molecule has 0 spiro atoms. The van der Waals surface area contributed by atoms with Gasteiger partial charge in [-0.25, -0.2) is 0 Å². The van der Waals surface area contributed by atoms with E-state index in [4.69, 9.17) is 0 Å². The van der Waals surface area contributed by atoms with Crippen molar-refractivity contribution in [3.8, 4) is 0 Å². The average Bonchev–Trinajstić information content (AvgIpc) is 2.57. The Hall–Kier alpha value is -1.05. The predicted octanol–water partition coefficient (Wildman–Crippen LogP) is 1.76. The molecule has 0 aliphatic heterocycles. The molecule has 1 aliphatic rings. The Morgan fingerprint density at radius 2 is 2.17 bits per heavy atom. The zero-order valence-corrected chi connectivity index (χ0v) is 6.99. The summed E-state index contributed by atoms with van der Waals surface area (Å²) in [4.78, 5) is 11.3. The number of nitrogens with zero attached hydrogens (tertiary/aromatic N) is 1. The third kappa shape index (κ3) is 1.29. The lowest BCUT2D eigenvalue weighted by Crippen LogP contribution is -2.21. The minimum absolute atomic E-state index is 0.0874. The first-order valence-electron chi connectivity index (χ1n) is 4.46. The summed E-state index contributed by atoms with van der Waals surface area (Å²) in [6, 6.07) is 6.56. The van der Waals surface area contributed by atoms with Crippen molar-refractivity contribution in [2.45, 2.75) is 31.7 Å². The quantitative estimate of drug-likeness (QED) is 0.616. The molecule has 1 radical (unpaired) electrons. The molecule has 0 unspecified atom stereocenters. The summed E-state index contributed by atoms with van der Waals surface area (Å²) in [6.45, 7) is 0. The maximum absolute atomic E-state index is 11.3. The highest BCUT2D eigenvalue weighted by molar-refractivity contribution is 4.94. The van der Waals surface area contributed by atoms with E-state index < -0.39 is 0 Å². The Bertz CT molecular complexity index is 310. The Morgan fingerprint density at radius 1 is 1.42 bits per heavy atom. The van der Waals surface area contributed by atoms with Gasteiger partial charge >= 0.3 is 0 Å². The Labute approximate surface area is 71.8 Å². The van der Waals surface area contributed by atoms with Crippen LogP contribution in [-0.4, -0.2) is 4.57 Å². The standard InChI is InChI=1S/C10H12NO/c12-10-7-3-4-8-11(10)9-5-1-2-6-9/h4,7-9H,1-2,5-6H2. The summed E-state index contributed by atoms with van der Waals surface area (Å²) >= 11 is 0. The van der Waals surface area contributed by atoms with E-state index in [0.29, 0.717) is 6.04 Å². The Balaban J connectivity index is 2.32. The second-order valence-electron chi connectivity index (χ2n) is 3.31. The first-order valence-corrected chi connectivity index (χ1v) is 4.46. The van der Waals surface area contributed by atoms with Crippen molar-refractivity contribution in [3.63, 3.8) is 0 Å². The molecular formula is C10H12NO. The van der Waals surface area contributed by atoms with E-state index >= 15 is 0 Å². The third-order valence-corrected chi connectivity index (χ3v) is 2.51. The van der Waals surface area contributed by atoms with E-state index in [1.54, 1.807) is 6.07 Å². The van der Waals surface area contributed by atoms with E-state index in [2.05, 4.69) is 6.07 Å². The second-order valence-corrected chi connectivity index (χ2v) is 3.31. The molecule has 12 heavy (non-hydrogen) atoms. The van der Waals surface area contributed by atoms with Crippen LogP contribution in [0, 0.1) is 6.07 Å². The monoisotopic (exact) mass is 162 g/mol. The molecule has 0 atom stereocenters. The topological polar surface area (TPSA) is 22.0 Å². The predicted molar refractivity (Wildman–Crippen MR) is 47.0 cm³/mol. The molecule has 0 bridgehead atoms. The molecule has 2 rings (SSSR count). The van der Waals surface area contributed by atoms with Gasteiger partial charge in [-0.05, 0) is 25.0 Å². The minimum atomic E-state index is 0.0874. The number of rotatable bonds is 1. The molecule has 0 amide bonds. The fourth-order valence-electron chi connectivity index (χ4n) is 1.87. The van der Waals surface area contributed by atoms with Crippen molar-refractivity contribution in [2.24, 2.45) is 0 Å². The van der Waals surface area contributed by atoms with Gasteiger partial charge in [-0.3, -0.25) is 4.79 Å². The van der Waals surface area contributed by atoms with Crippen LogP contribution < -0.4 is 5.56 Å². The van der Waals surface area contributed by atoms with Gasteiger partial charge in [0.05, 0.1) is 0 Å². The first-order chi connectivity index (χ1) is 5.88. The number of pyridine rings is 1. The summed E-state index contributed by atoms with van der Waals surface area (Å²) in [6.07, 6.45) is 6.68. The summed E-state index contributed by atoms with van der Waals surface area (Å²) in [7, 11) is 0. The van der Waals surface area contributed by atoms with E-state index in [0.717, 1.165) is 12.8 Å². The number of hydrogen-bond acceptors (Lipinski definition) is 1. The van der Waals surface area contributed by atoms with Gasteiger partial charge in [-0.2, -0.15) is 0 Å². The van der Waals surface area contributed by atoms with Crippen molar-refractivity contribution in [1.29, 1.82) is 0 Å². The van der Waals surface area contributed by atoms with Gasteiger partial charge in [0, 0.05) is 18.3 Å². The van der Waals surface area contributed by atoms with Gasteiger partial charge in [0.15, 0.2) is 0 Å². The lowest BCUT2D eigenvalue weighted by Gasteiger charge is -2.11. The van der Waals surface area contributed by atoms with Crippen molar-refractivity contribution in [1.82, 2.24) is 4.57 Å². The van der Waals surface area contributed by atoms with E-state index in [1.165, 1.54) is 18.9 Å². The Kier molecular flexibility index (Phi) is 1.98. The van der Waals surface area contributed by atoms with Crippen molar-refractivity contribution >= 4 is 0 Å². The average molecular weight is 162 g/mol. The molecular weight excluding hydrogens is 150 g/mol. The van der Waals surface area contributed by atoms with Crippen LogP contribution in [0.25, 0.3) is 0 Å². The fourth-order valence-corrected chi connectivity index (χ4v) is 1.87. The third-order valence-electron chi connectivity index (χ3n) is 2.51. The highest BCUT2D eigenvalue weighted by Crippen LogP contribution is 2.27. The van der Waals surface area contributed by atoms with Crippen LogP contribution >= 0.6 is 0 Å². The highest BCUT2D eigenvalue weighted by atomic mass is 16.1. The lowest BCUT2D eigenvalue weighted by atomic mass is 10.2. The van der Waals surface area contributed by atoms with E-state index in [1.807, 2.05) is 10.8 Å². The SMILES string of the molecule is O=c1c[c]ccn1C1CCCC1. The molecule has 1 fully saturated rings. The van der Waals surface area contributed by atoms with Gasteiger partial charge in [-0.15, -0.1) is 0 Å². The zero-order valence-electron chi connectivity index (χ0n) is 6.99. The number of hydrogen-bond donors (Lipinski definition) is 0. The molecule has 1 saturated carbocycles. The van der Waals surface area contributed by atoms with Crippen molar-refractivity contribution in [2.75, 3.05) is 0 Å². The molecule has 1 heterocycles. The van der Waals surface area contributed by atoms with Crippen molar-refractivity contribution < 1.29 is 0 Å². The molecule has 63 valence electrons. The van der Waals surface area contributed by atoms with Crippen LogP contribution in [0.4, 0.5) is 0 Å². The lowest BCUT2D eigenvalue weighted by molar-refractivity contribution is 0.502. The van der Waals surface area contributed by atoms with Crippen LogP contribution in [0.3, 0.4) is 0 Å². The number of aromatic nitrogens is 1. The molecule has 0 saturated heterocycles. The normalized spacial score (nSPS) is 18.3. The zero-order chi connectivity index (χ0) is 8.39. The van der Waals surface area contributed by atoms with Crippen LogP contribution in [0.1, 0.15) is 31.7 Å².